The molecule has 1 unspecified atom stereocenters. The highest BCUT2D eigenvalue weighted by molar-refractivity contribution is 7.80. The molecule has 2 aromatic carbocycles. The number of hydrogen-bond acceptors (Lipinski definition) is 8. The lowest BCUT2D eigenvalue weighted by Gasteiger charge is -2.36. The van der Waals surface area contributed by atoms with Gasteiger partial charge in [-0.3, -0.25) is 10.4 Å². The number of carbonyl (C=O) groups is 1. The number of fused-ring (bicyclic) bond motifs is 1. The zero-order chi connectivity index (χ0) is 26.3. The van der Waals surface area contributed by atoms with E-state index in [2.05, 4.69) is 20.8 Å². The van der Waals surface area contributed by atoms with Gasteiger partial charge in [-0.2, -0.15) is 5.10 Å². The van der Waals surface area contributed by atoms with Gasteiger partial charge in [-0.15, -0.1) is 0 Å². The van der Waals surface area contributed by atoms with Crippen LogP contribution in [0.1, 0.15) is 31.4 Å². The lowest BCUT2D eigenvalue weighted by molar-refractivity contribution is -0.145. The summed E-state index contributed by atoms with van der Waals surface area (Å²) in [6.07, 6.45) is 3.92. The SMILES string of the molecule is CCOC(=O)COc1ccc2c(c1)C(=NNC(=S)Nc1ccccc1OC)CC(C)(c1cccnc1)O2. The highest BCUT2D eigenvalue weighted by atomic mass is 32.1. The second kappa shape index (κ2) is 11.7. The maximum atomic E-state index is 11.7. The minimum Gasteiger partial charge on any atom is -0.495 e. The molecule has 0 radical (unpaired) electrons. The van der Waals surface area contributed by atoms with E-state index < -0.39 is 11.6 Å². The number of pyridine rings is 1. The van der Waals surface area contributed by atoms with E-state index in [1.165, 1.54) is 0 Å². The lowest BCUT2D eigenvalue weighted by Crippen LogP contribution is -2.38. The molecule has 0 saturated carbocycles. The van der Waals surface area contributed by atoms with Gasteiger partial charge in [0, 0.05) is 29.9 Å². The monoisotopic (exact) mass is 520 g/mol. The van der Waals surface area contributed by atoms with Gasteiger partial charge in [-0.1, -0.05) is 18.2 Å². The van der Waals surface area contributed by atoms with Crippen LogP contribution in [0.25, 0.3) is 0 Å². The number of ether oxygens (including phenoxy) is 4. The predicted octanol–water partition coefficient (Wildman–Crippen LogP) is 4.42. The number of thiocarbonyl (C=S) groups is 1. The average molecular weight is 521 g/mol. The Bertz CT molecular complexity index is 1300. The Hall–Kier alpha value is -4.18. The Kier molecular flexibility index (Phi) is 8.19. The second-order valence-corrected chi connectivity index (χ2v) is 8.74. The molecule has 0 aliphatic carbocycles. The van der Waals surface area contributed by atoms with Crippen molar-refractivity contribution < 1.29 is 23.7 Å². The normalized spacial score (nSPS) is 17.2. The van der Waals surface area contributed by atoms with Crippen LogP contribution < -0.4 is 25.0 Å². The summed E-state index contributed by atoms with van der Waals surface area (Å²) in [5.74, 6) is 1.32. The molecular weight excluding hydrogens is 492 g/mol. The number of methoxy groups -OCH3 is 1. The molecule has 0 spiro atoms. The summed E-state index contributed by atoms with van der Waals surface area (Å²) in [5, 5.41) is 8.04. The number of anilines is 1. The van der Waals surface area contributed by atoms with Crippen molar-refractivity contribution in [3.8, 4) is 17.2 Å². The first-order valence-electron chi connectivity index (χ1n) is 11.7. The predicted molar refractivity (Wildman–Crippen MR) is 144 cm³/mol. The molecule has 0 bridgehead atoms. The van der Waals surface area contributed by atoms with E-state index in [1.807, 2.05) is 43.3 Å². The molecule has 0 amide bonds. The van der Waals surface area contributed by atoms with Gasteiger partial charge in [0.2, 0.25) is 0 Å². The minimum atomic E-state index is -0.715. The van der Waals surface area contributed by atoms with Gasteiger partial charge < -0.3 is 24.3 Å². The molecule has 1 aromatic heterocycles. The Morgan fingerprint density at radius 2 is 2.05 bits per heavy atom. The fourth-order valence-electron chi connectivity index (χ4n) is 3.90. The van der Waals surface area contributed by atoms with E-state index in [-0.39, 0.29) is 6.61 Å². The quantitative estimate of drug-likeness (QED) is 0.254. The zero-order valence-electron chi connectivity index (χ0n) is 20.8. The van der Waals surface area contributed by atoms with Crippen LogP contribution in [0.3, 0.4) is 0 Å². The molecule has 2 N–H and O–H groups in total. The molecule has 1 atom stereocenters. The standard InChI is InChI=1S/C27H28N4O5S/c1-4-34-25(32)17-35-19-11-12-23-20(14-19)22(15-27(2,36-23)18-8-7-13-28-16-18)30-31-26(37)29-21-9-5-6-10-24(21)33-3/h5-14,16H,4,15,17H2,1-3H3,(H2,29,31,37). The Morgan fingerprint density at radius 3 is 2.81 bits per heavy atom. The van der Waals surface area contributed by atoms with Crippen LogP contribution in [-0.2, 0) is 15.1 Å². The summed E-state index contributed by atoms with van der Waals surface area (Å²) in [4.78, 5) is 16.0. The number of nitrogens with zero attached hydrogens (tertiary/aromatic N) is 2. The summed E-state index contributed by atoms with van der Waals surface area (Å²) in [6.45, 7) is 3.83. The van der Waals surface area contributed by atoms with Crippen molar-refractivity contribution >= 4 is 34.7 Å². The molecule has 0 saturated heterocycles. The number of hydrogen-bond donors (Lipinski definition) is 2. The average Bonchev–Trinajstić information content (AvgIpc) is 2.91. The summed E-state index contributed by atoms with van der Waals surface area (Å²) in [5.41, 5.74) is 5.25. The number of aromatic nitrogens is 1. The van der Waals surface area contributed by atoms with Gasteiger partial charge in [-0.05, 0) is 62.5 Å². The molecule has 3 aromatic rings. The maximum Gasteiger partial charge on any atom is 0.344 e. The highest BCUT2D eigenvalue weighted by Crippen LogP contribution is 2.40. The molecule has 4 rings (SSSR count). The number of nitrogens with one attached hydrogen (secondary N) is 2. The molecule has 192 valence electrons. The molecule has 1 aliphatic rings. The molecule has 9 nitrogen and oxygen atoms in total. The van der Waals surface area contributed by atoms with Crippen molar-refractivity contribution in [1.29, 1.82) is 0 Å². The number of benzene rings is 2. The minimum absolute atomic E-state index is 0.196. The van der Waals surface area contributed by atoms with Crippen molar-refractivity contribution in [2.24, 2.45) is 5.10 Å². The molecular formula is C27H28N4O5S. The maximum absolute atomic E-state index is 11.7. The fourth-order valence-corrected chi connectivity index (χ4v) is 4.06. The lowest BCUT2D eigenvalue weighted by atomic mass is 9.86. The second-order valence-electron chi connectivity index (χ2n) is 8.33. The van der Waals surface area contributed by atoms with Crippen LogP contribution in [0.4, 0.5) is 5.69 Å². The van der Waals surface area contributed by atoms with E-state index in [9.17, 15) is 4.79 Å². The van der Waals surface area contributed by atoms with Gasteiger partial charge >= 0.3 is 5.97 Å². The molecule has 0 fully saturated rings. The number of carbonyl (C=O) groups excluding carboxylic acids is 1. The van der Waals surface area contributed by atoms with Crippen LogP contribution in [0.2, 0.25) is 0 Å². The van der Waals surface area contributed by atoms with Crippen molar-refractivity contribution in [2.45, 2.75) is 25.9 Å². The first-order chi connectivity index (χ1) is 17.9. The van der Waals surface area contributed by atoms with Crippen LogP contribution >= 0.6 is 12.2 Å². The van der Waals surface area contributed by atoms with E-state index in [0.29, 0.717) is 46.8 Å². The van der Waals surface area contributed by atoms with Crippen LogP contribution in [0.15, 0.2) is 72.1 Å². The third-order valence-electron chi connectivity index (χ3n) is 5.68. The summed E-state index contributed by atoms with van der Waals surface area (Å²) in [6, 6.07) is 16.6. The largest absolute Gasteiger partial charge is 0.495 e. The van der Waals surface area contributed by atoms with Gasteiger partial charge in [0.05, 0.1) is 25.1 Å². The molecule has 10 heteroatoms. The number of rotatable bonds is 8. The number of para-hydroxylation sites is 2. The summed E-state index contributed by atoms with van der Waals surface area (Å²) in [7, 11) is 1.59. The molecule has 37 heavy (non-hydrogen) atoms. The first kappa shape index (κ1) is 25.9. The van der Waals surface area contributed by atoms with Gasteiger partial charge in [0.25, 0.3) is 0 Å². The smallest absolute Gasteiger partial charge is 0.344 e. The Labute approximate surface area is 220 Å². The topological polar surface area (TPSA) is 103 Å². The van der Waals surface area contributed by atoms with E-state index in [4.69, 9.17) is 31.2 Å². The number of esters is 1. The third kappa shape index (κ3) is 6.34. The van der Waals surface area contributed by atoms with E-state index in [0.717, 1.165) is 11.1 Å². The third-order valence-corrected chi connectivity index (χ3v) is 5.88. The first-order valence-corrected chi connectivity index (χ1v) is 12.1. The molecule has 1 aliphatic heterocycles. The van der Waals surface area contributed by atoms with Crippen LogP contribution in [0, 0.1) is 0 Å². The van der Waals surface area contributed by atoms with Crippen LogP contribution in [-0.4, -0.2) is 42.1 Å². The van der Waals surface area contributed by atoms with Gasteiger partial charge in [-0.25, -0.2) is 4.79 Å². The summed E-state index contributed by atoms with van der Waals surface area (Å²) < 4.78 is 22.4. The van der Waals surface area contributed by atoms with Crippen LogP contribution in [0.5, 0.6) is 17.2 Å². The zero-order valence-corrected chi connectivity index (χ0v) is 21.6. The Balaban J connectivity index is 1.61. The van der Waals surface area contributed by atoms with Crippen molar-refractivity contribution in [3.05, 3.63) is 78.1 Å². The summed E-state index contributed by atoms with van der Waals surface area (Å²) >= 11 is 5.48. The molecule has 2 heterocycles. The Morgan fingerprint density at radius 1 is 1.22 bits per heavy atom. The number of hydrazone groups is 1. The van der Waals surface area contributed by atoms with E-state index >= 15 is 0 Å². The van der Waals surface area contributed by atoms with Crippen molar-refractivity contribution in [3.63, 3.8) is 0 Å². The van der Waals surface area contributed by atoms with E-state index in [1.54, 1.807) is 44.6 Å². The van der Waals surface area contributed by atoms with Gasteiger partial charge in [0.15, 0.2) is 11.7 Å². The van der Waals surface area contributed by atoms with Crippen molar-refractivity contribution in [2.75, 3.05) is 25.6 Å². The van der Waals surface area contributed by atoms with Gasteiger partial charge in [0.1, 0.15) is 22.8 Å². The fraction of sp³-hybridized carbons (Fsp3) is 0.259. The van der Waals surface area contributed by atoms with Crippen molar-refractivity contribution in [1.82, 2.24) is 10.4 Å². The highest BCUT2D eigenvalue weighted by Gasteiger charge is 2.37.